The summed E-state index contributed by atoms with van der Waals surface area (Å²) in [6.07, 6.45) is 3.16. The zero-order chi connectivity index (χ0) is 14.8. The molecule has 1 aromatic heterocycles. The number of pyridine rings is 1. The van der Waals surface area contributed by atoms with Crippen molar-refractivity contribution in [3.63, 3.8) is 0 Å². The SMILES string of the molecule is Cc1cnccc1NS(=O)(=O)c1cc(CN)ccc1C. The highest BCUT2D eigenvalue weighted by atomic mass is 32.2. The van der Waals surface area contributed by atoms with E-state index >= 15 is 0 Å². The third-order valence-corrected chi connectivity index (χ3v) is 4.55. The smallest absolute Gasteiger partial charge is 0.262 e. The molecule has 0 saturated carbocycles. The maximum Gasteiger partial charge on any atom is 0.262 e. The average Bonchev–Trinajstić information content (AvgIpc) is 2.41. The Morgan fingerprint density at radius 3 is 2.60 bits per heavy atom. The lowest BCUT2D eigenvalue weighted by molar-refractivity contribution is 0.600. The number of hydrogen-bond donors (Lipinski definition) is 2. The van der Waals surface area contributed by atoms with Crippen molar-refractivity contribution < 1.29 is 8.42 Å². The third-order valence-electron chi connectivity index (χ3n) is 3.04. The standard InChI is InChI=1S/C14H17N3O2S/c1-10-3-4-12(8-15)7-14(10)20(18,19)17-13-5-6-16-9-11(13)2/h3-7,9H,8,15H2,1-2H3,(H,16,17). The fraction of sp³-hybridized carbons (Fsp3) is 0.214. The second-order valence-corrected chi connectivity index (χ2v) is 6.25. The minimum Gasteiger partial charge on any atom is -0.326 e. The monoisotopic (exact) mass is 291 g/mol. The van der Waals surface area contributed by atoms with Crippen LogP contribution in [-0.2, 0) is 16.6 Å². The van der Waals surface area contributed by atoms with Gasteiger partial charge in [-0.2, -0.15) is 0 Å². The van der Waals surface area contributed by atoms with Crippen LogP contribution in [0.15, 0.2) is 41.6 Å². The first-order valence-electron chi connectivity index (χ1n) is 6.17. The van der Waals surface area contributed by atoms with Crippen molar-refractivity contribution in [3.8, 4) is 0 Å². The number of nitrogens with two attached hydrogens (primary N) is 1. The second-order valence-electron chi connectivity index (χ2n) is 4.60. The molecule has 1 heterocycles. The van der Waals surface area contributed by atoms with Gasteiger partial charge in [-0.1, -0.05) is 12.1 Å². The molecule has 0 amide bonds. The third kappa shape index (κ3) is 2.97. The number of rotatable bonds is 4. The van der Waals surface area contributed by atoms with Crippen LogP contribution in [0.3, 0.4) is 0 Å². The first-order valence-corrected chi connectivity index (χ1v) is 7.65. The van der Waals surface area contributed by atoms with Gasteiger partial charge in [0.25, 0.3) is 10.0 Å². The van der Waals surface area contributed by atoms with Crippen LogP contribution in [0.4, 0.5) is 5.69 Å². The molecule has 0 aliphatic rings. The molecule has 106 valence electrons. The van der Waals surface area contributed by atoms with Gasteiger partial charge in [0, 0.05) is 18.9 Å². The summed E-state index contributed by atoms with van der Waals surface area (Å²) in [5, 5.41) is 0. The van der Waals surface area contributed by atoms with Gasteiger partial charge in [0.2, 0.25) is 0 Å². The number of aromatic nitrogens is 1. The summed E-state index contributed by atoms with van der Waals surface area (Å²) in [6, 6.07) is 6.82. The van der Waals surface area contributed by atoms with E-state index in [9.17, 15) is 8.42 Å². The zero-order valence-corrected chi connectivity index (χ0v) is 12.2. The summed E-state index contributed by atoms with van der Waals surface area (Å²) in [5.74, 6) is 0. The number of nitrogens with zero attached hydrogens (tertiary/aromatic N) is 1. The van der Waals surface area contributed by atoms with Crippen LogP contribution in [0.5, 0.6) is 0 Å². The highest BCUT2D eigenvalue weighted by Crippen LogP contribution is 2.22. The molecule has 3 N–H and O–H groups in total. The minimum atomic E-state index is -3.63. The molecule has 0 atom stereocenters. The molecule has 20 heavy (non-hydrogen) atoms. The molecule has 1 aromatic carbocycles. The molecule has 0 bridgehead atoms. The summed E-state index contributed by atoms with van der Waals surface area (Å²) in [5.41, 5.74) is 8.32. The Balaban J connectivity index is 2.43. The Morgan fingerprint density at radius 1 is 1.20 bits per heavy atom. The summed E-state index contributed by atoms with van der Waals surface area (Å²) in [7, 11) is -3.63. The van der Waals surface area contributed by atoms with Gasteiger partial charge in [-0.25, -0.2) is 8.42 Å². The van der Waals surface area contributed by atoms with E-state index in [0.29, 0.717) is 17.8 Å². The van der Waals surface area contributed by atoms with Crippen LogP contribution in [0, 0.1) is 13.8 Å². The molecule has 0 radical (unpaired) electrons. The Labute approximate surface area is 118 Å². The van der Waals surface area contributed by atoms with E-state index in [2.05, 4.69) is 9.71 Å². The Kier molecular flexibility index (Phi) is 4.06. The van der Waals surface area contributed by atoms with E-state index in [4.69, 9.17) is 5.73 Å². The van der Waals surface area contributed by atoms with Crippen molar-refractivity contribution in [1.82, 2.24) is 4.98 Å². The van der Waals surface area contributed by atoms with Gasteiger partial charge in [0.1, 0.15) is 0 Å². The van der Waals surface area contributed by atoms with Gasteiger partial charge in [-0.15, -0.1) is 0 Å². The maximum absolute atomic E-state index is 12.5. The average molecular weight is 291 g/mol. The van der Waals surface area contributed by atoms with Gasteiger partial charge < -0.3 is 5.73 Å². The molecule has 0 aliphatic heterocycles. The van der Waals surface area contributed by atoms with Crippen molar-refractivity contribution in [3.05, 3.63) is 53.3 Å². The number of nitrogens with one attached hydrogen (secondary N) is 1. The summed E-state index contributed by atoms with van der Waals surface area (Å²) in [4.78, 5) is 4.19. The number of anilines is 1. The molecule has 6 heteroatoms. The Bertz CT molecular complexity index is 727. The lowest BCUT2D eigenvalue weighted by atomic mass is 10.1. The van der Waals surface area contributed by atoms with Crippen LogP contribution >= 0.6 is 0 Å². The fourth-order valence-corrected chi connectivity index (χ4v) is 3.28. The second kappa shape index (κ2) is 5.60. The molecule has 0 unspecified atom stereocenters. The van der Waals surface area contributed by atoms with E-state index in [-0.39, 0.29) is 4.90 Å². The van der Waals surface area contributed by atoms with E-state index in [1.807, 2.05) is 6.07 Å². The van der Waals surface area contributed by atoms with Crippen molar-refractivity contribution in [2.75, 3.05) is 4.72 Å². The molecule has 5 nitrogen and oxygen atoms in total. The van der Waals surface area contributed by atoms with E-state index in [0.717, 1.165) is 11.1 Å². The topological polar surface area (TPSA) is 85.1 Å². The predicted molar refractivity (Wildman–Crippen MR) is 78.9 cm³/mol. The molecule has 2 aromatic rings. The number of benzene rings is 1. The van der Waals surface area contributed by atoms with E-state index < -0.39 is 10.0 Å². The maximum atomic E-state index is 12.5. The molecular formula is C14H17N3O2S. The van der Waals surface area contributed by atoms with Gasteiger partial charge in [-0.05, 0) is 42.7 Å². The van der Waals surface area contributed by atoms with E-state index in [1.54, 1.807) is 44.4 Å². The van der Waals surface area contributed by atoms with Gasteiger partial charge >= 0.3 is 0 Å². The predicted octanol–water partition coefficient (Wildman–Crippen LogP) is 1.96. The van der Waals surface area contributed by atoms with Crippen LogP contribution in [-0.4, -0.2) is 13.4 Å². The fourth-order valence-electron chi connectivity index (χ4n) is 1.85. The van der Waals surface area contributed by atoms with Gasteiger partial charge in [0.15, 0.2) is 0 Å². The van der Waals surface area contributed by atoms with Crippen molar-refractivity contribution in [2.45, 2.75) is 25.3 Å². The summed E-state index contributed by atoms with van der Waals surface area (Å²) < 4.78 is 27.5. The van der Waals surface area contributed by atoms with Crippen molar-refractivity contribution >= 4 is 15.7 Å². The number of hydrogen-bond acceptors (Lipinski definition) is 4. The molecule has 0 saturated heterocycles. The molecule has 0 aliphatic carbocycles. The van der Waals surface area contributed by atoms with E-state index in [1.165, 1.54) is 0 Å². The van der Waals surface area contributed by atoms with Crippen LogP contribution in [0.1, 0.15) is 16.7 Å². The Hall–Kier alpha value is -1.92. The van der Waals surface area contributed by atoms with Gasteiger partial charge in [-0.3, -0.25) is 9.71 Å². The number of sulfonamides is 1. The van der Waals surface area contributed by atoms with Crippen molar-refractivity contribution in [1.29, 1.82) is 0 Å². The Morgan fingerprint density at radius 2 is 1.95 bits per heavy atom. The lowest BCUT2D eigenvalue weighted by Crippen LogP contribution is -2.15. The molecular weight excluding hydrogens is 274 g/mol. The highest BCUT2D eigenvalue weighted by molar-refractivity contribution is 7.92. The summed E-state index contributed by atoms with van der Waals surface area (Å²) in [6.45, 7) is 3.86. The summed E-state index contributed by atoms with van der Waals surface area (Å²) >= 11 is 0. The van der Waals surface area contributed by atoms with Crippen LogP contribution < -0.4 is 10.5 Å². The zero-order valence-electron chi connectivity index (χ0n) is 11.4. The largest absolute Gasteiger partial charge is 0.326 e. The highest BCUT2D eigenvalue weighted by Gasteiger charge is 2.18. The molecule has 0 fully saturated rings. The van der Waals surface area contributed by atoms with Crippen LogP contribution in [0.25, 0.3) is 0 Å². The molecule has 0 spiro atoms. The quantitative estimate of drug-likeness (QED) is 0.901. The van der Waals surface area contributed by atoms with Crippen LogP contribution in [0.2, 0.25) is 0 Å². The minimum absolute atomic E-state index is 0.247. The first-order chi connectivity index (χ1) is 9.44. The number of aryl methyl sites for hydroxylation is 2. The lowest BCUT2D eigenvalue weighted by Gasteiger charge is -2.12. The van der Waals surface area contributed by atoms with Crippen molar-refractivity contribution in [2.24, 2.45) is 5.73 Å². The normalized spacial score (nSPS) is 11.3. The van der Waals surface area contributed by atoms with Gasteiger partial charge in [0.05, 0.1) is 10.6 Å². The first kappa shape index (κ1) is 14.5. The molecule has 2 rings (SSSR count).